The number of halogens is 1. The Labute approximate surface area is 146 Å². The van der Waals surface area contributed by atoms with E-state index in [1.165, 1.54) is 0 Å². The van der Waals surface area contributed by atoms with Crippen LogP contribution in [0.1, 0.15) is 34.6 Å². The standard InChI is InChI=1S/C18H15BrN2O3/c1-10-5-11-6-12(19)7-14-16(11)21(10)9-15(17(14)22)18(23)20-8-13-3-2-4-24-13/h2-4,6-7,9-10H,5,8H2,1H3,(H,20,23). The summed E-state index contributed by atoms with van der Waals surface area (Å²) in [5, 5.41) is 3.33. The average Bonchev–Trinajstić information content (AvgIpc) is 3.16. The molecule has 122 valence electrons. The molecule has 1 aliphatic rings. The molecule has 1 amide bonds. The lowest BCUT2D eigenvalue weighted by atomic mass is 10.1. The van der Waals surface area contributed by atoms with Gasteiger partial charge in [0.15, 0.2) is 0 Å². The molecule has 6 heteroatoms. The fourth-order valence-corrected chi connectivity index (χ4v) is 3.80. The molecule has 0 saturated heterocycles. The molecule has 24 heavy (non-hydrogen) atoms. The molecular formula is C18H15BrN2O3. The number of benzene rings is 1. The molecule has 5 nitrogen and oxygen atoms in total. The van der Waals surface area contributed by atoms with Crippen LogP contribution in [0.2, 0.25) is 0 Å². The number of nitrogens with zero attached hydrogens (tertiary/aromatic N) is 1. The van der Waals surface area contributed by atoms with E-state index in [9.17, 15) is 9.59 Å². The quantitative estimate of drug-likeness (QED) is 0.749. The van der Waals surface area contributed by atoms with Crippen molar-refractivity contribution in [1.29, 1.82) is 0 Å². The Morgan fingerprint density at radius 3 is 3.04 bits per heavy atom. The molecule has 1 aliphatic heterocycles. The van der Waals surface area contributed by atoms with Gasteiger partial charge < -0.3 is 14.3 Å². The first-order valence-corrected chi connectivity index (χ1v) is 8.52. The minimum absolute atomic E-state index is 0.159. The van der Waals surface area contributed by atoms with Gasteiger partial charge in [0.25, 0.3) is 5.91 Å². The maximum absolute atomic E-state index is 12.8. The van der Waals surface area contributed by atoms with E-state index in [0.29, 0.717) is 11.1 Å². The van der Waals surface area contributed by atoms with Gasteiger partial charge in [0.1, 0.15) is 11.3 Å². The third-order valence-corrected chi connectivity index (χ3v) is 4.87. The largest absolute Gasteiger partial charge is 0.467 e. The van der Waals surface area contributed by atoms with Crippen molar-refractivity contribution in [2.75, 3.05) is 0 Å². The minimum atomic E-state index is -0.386. The summed E-state index contributed by atoms with van der Waals surface area (Å²) in [6.45, 7) is 2.34. The summed E-state index contributed by atoms with van der Waals surface area (Å²) in [4.78, 5) is 25.3. The molecule has 0 radical (unpaired) electrons. The number of rotatable bonds is 3. The fourth-order valence-electron chi connectivity index (χ4n) is 3.30. The zero-order valence-electron chi connectivity index (χ0n) is 13.0. The van der Waals surface area contributed by atoms with Gasteiger partial charge in [-0.25, -0.2) is 0 Å². The SMILES string of the molecule is CC1Cc2cc(Br)cc3c(=O)c(C(=O)NCc4ccco4)cn1c23. The van der Waals surface area contributed by atoms with Crippen molar-refractivity contribution in [1.82, 2.24) is 9.88 Å². The van der Waals surface area contributed by atoms with Crippen LogP contribution in [0.15, 0.2) is 50.4 Å². The molecular weight excluding hydrogens is 372 g/mol. The van der Waals surface area contributed by atoms with Crippen molar-refractivity contribution in [2.24, 2.45) is 0 Å². The summed E-state index contributed by atoms with van der Waals surface area (Å²) >= 11 is 3.46. The monoisotopic (exact) mass is 386 g/mol. The van der Waals surface area contributed by atoms with Crippen LogP contribution in [-0.2, 0) is 13.0 Å². The minimum Gasteiger partial charge on any atom is -0.467 e. The van der Waals surface area contributed by atoms with E-state index in [4.69, 9.17) is 4.42 Å². The normalized spacial score (nSPS) is 15.8. The number of nitrogens with one attached hydrogen (secondary N) is 1. The first kappa shape index (κ1) is 15.2. The van der Waals surface area contributed by atoms with Crippen LogP contribution in [0.3, 0.4) is 0 Å². The Balaban J connectivity index is 1.78. The third kappa shape index (κ3) is 2.38. The summed E-state index contributed by atoms with van der Waals surface area (Å²) in [6, 6.07) is 7.58. The summed E-state index contributed by atoms with van der Waals surface area (Å²) in [5.41, 5.74) is 1.98. The smallest absolute Gasteiger partial charge is 0.257 e. The molecule has 0 spiro atoms. The predicted octanol–water partition coefficient (Wildman–Crippen LogP) is 3.40. The van der Waals surface area contributed by atoms with E-state index >= 15 is 0 Å². The van der Waals surface area contributed by atoms with Crippen molar-refractivity contribution >= 4 is 32.7 Å². The lowest BCUT2D eigenvalue weighted by Gasteiger charge is -2.12. The second kappa shape index (κ2) is 5.63. The van der Waals surface area contributed by atoms with E-state index < -0.39 is 0 Å². The van der Waals surface area contributed by atoms with Crippen LogP contribution < -0.4 is 10.7 Å². The lowest BCUT2D eigenvalue weighted by Crippen LogP contribution is -2.29. The molecule has 1 unspecified atom stereocenters. The molecule has 3 aromatic rings. The van der Waals surface area contributed by atoms with Crippen LogP contribution in [-0.4, -0.2) is 10.5 Å². The molecule has 1 N–H and O–H groups in total. The summed E-state index contributed by atoms with van der Waals surface area (Å²) in [5.74, 6) is 0.259. The number of hydrogen-bond acceptors (Lipinski definition) is 3. The molecule has 2 aromatic heterocycles. The van der Waals surface area contributed by atoms with E-state index in [-0.39, 0.29) is 29.5 Å². The van der Waals surface area contributed by atoms with Gasteiger partial charge >= 0.3 is 0 Å². The van der Waals surface area contributed by atoms with Crippen LogP contribution in [0.25, 0.3) is 10.9 Å². The van der Waals surface area contributed by atoms with Gasteiger partial charge in [-0.05, 0) is 43.2 Å². The molecule has 4 rings (SSSR count). The van der Waals surface area contributed by atoms with E-state index in [2.05, 4.69) is 28.2 Å². The second-order valence-electron chi connectivity index (χ2n) is 6.06. The van der Waals surface area contributed by atoms with Gasteiger partial charge in [-0.1, -0.05) is 15.9 Å². The summed E-state index contributed by atoms with van der Waals surface area (Å²) in [7, 11) is 0. The van der Waals surface area contributed by atoms with Crippen LogP contribution >= 0.6 is 15.9 Å². The number of carbonyl (C=O) groups is 1. The number of pyridine rings is 1. The Morgan fingerprint density at radius 1 is 1.46 bits per heavy atom. The van der Waals surface area contributed by atoms with Crippen molar-refractivity contribution in [3.63, 3.8) is 0 Å². The predicted molar refractivity (Wildman–Crippen MR) is 94.2 cm³/mol. The van der Waals surface area contributed by atoms with Crippen LogP contribution in [0, 0.1) is 0 Å². The number of carbonyl (C=O) groups excluding carboxylic acids is 1. The topological polar surface area (TPSA) is 64.2 Å². The zero-order valence-corrected chi connectivity index (χ0v) is 14.6. The highest BCUT2D eigenvalue weighted by Crippen LogP contribution is 2.33. The fraction of sp³-hybridized carbons (Fsp3) is 0.222. The van der Waals surface area contributed by atoms with E-state index in [0.717, 1.165) is 22.0 Å². The van der Waals surface area contributed by atoms with Crippen molar-refractivity contribution in [3.8, 4) is 0 Å². The Bertz CT molecular complexity index is 1010. The van der Waals surface area contributed by atoms with Crippen molar-refractivity contribution in [2.45, 2.75) is 25.9 Å². The molecule has 3 heterocycles. The van der Waals surface area contributed by atoms with Crippen molar-refractivity contribution < 1.29 is 9.21 Å². The van der Waals surface area contributed by atoms with Gasteiger partial charge in [-0.3, -0.25) is 9.59 Å². The van der Waals surface area contributed by atoms with Gasteiger partial charge in [-0.15, -0.1) is 0 Å². The number of aromatic nitrogens is 1. The molecule has 0 aliphatic carbocycles. The first-order chi connectivity index (χ1) is 11.5. The highest BCUT2D eigenvalue weighted by molar-refractivity contribution is 9.10. The maximum atomic E-state index is 12.8. The van der Waals surface area contributed by atoms with Crippen LogP contribution in [0.4, 0.5) is 0 Å². The second-order valence-corrected chi connectivity index (χ2v) is 6.97. The summed E-state index contributed by atoms with van der Waals surface area (Å²) in [6.07, 6.45) is 4.08. The van der Waals surface area contributed by atoms with E-state index in [1.807, 2.05) is 10.6 Å². The maximum Gasteiger partial charge on any atom is 0.257 e. The number of hydrogen-bond donors (Lipinski definition) is 1. The molecule has 0 fully saturated rings. The third-order valence-electron chi connectivity index (χ3n) is 4.41. The van der Waals surface area contributed by atoms with Crippen LogP contribution in [0.5, 0.6) is 0 Å². The molecule has 0 bridgehead atoms. The zero-order chi connectivity index (χ0) is 16.8. The Kier molecular flexibility index (Phi) is 3.57. The first-order valence-electron chi connectivity index (χ1n) is 7.72. The number of amides is 1. The Hall–Kier alpha value is -2.34. The molecule has 0 saturated carbocycles. The summed E-state index contributed by atoms with van der Waals surface area (Å²) < 4.78 is 8.09. The van der Waals surface area contributed by atoms with Gasteiger partial charge in [0, 0.05) is 22.1 Å². The highest BCUT2D eigenvalue weighted by Gasteiger charge is 2.25. The average molecular weight is 387 g/mol. The van der Waals surface area contributed by atoms with Gasteiger partial charge in [0.05, 0.1) is 18.3 Å². The van der Waals surface area contributed by atoms with Gasteiger partial charge in [0.2, 0.25) is 5.43 Å². The van der Waals surface area contributed by atoms with E-state index in [1.54, 1.807) is 30.7 Å². The Morgan fingerprint density at radius 2 is 2.29 bits per heavy atom. The van der Waals surface area contributed by atoms with Crippen molar-refractivity contribution in [3.05, 3.63) is 68.3 Å². The molecule has 1 aromatic carbocycles. The molecule has 1 atom stereocenters. The highest BCUT2D eigenvalue weighted by atomic mass is 79.9. The van der Waals surface area contributed by atoms with Gasteiger partial charge in [-0.2, -0.15) is 0 Å². The number of furan rings is 1. The lowest BCUT2D eigenvalue weighted by molar-refractivity contribution is 0.0946.